The Morgan fingerprint density at radius 2 is 1.71 bits per heavy atom. The fourth-order valence-electron chi connectivity index (χ4n) is 3.68. The molecule has 0 saturated carbocycles. The molecule has 0 aliphatic rings. The van der Waals surface area contributed by atoms with Crippen molar-refractivity contribution in [3.05, 3.63) is 75.6 Å². The van der Waals surface area contributed by atoms with Crippen LogP contribution in [0.3, 0.4) is 0 Å². The lowest BCUT2D eigenvalue weighted by molar-refractivity contribution is 0.102. The minimum absolute atomic E-state index is 0.0433. The predicted octanol–water partition coefficient (Wildman–Crippen LogP) is 4.47. The zero-order chi connectivity index (χ0) is 28.4. The third-order valence-corrected chi connectivity index (χ3v) is 11.0. The summed E-state index contributed by atoms with van der Waals surface area (Å²) in [6.45, 7) is 12.1. The van der Waals surface area contributed by atoms with Crippen LogP contribution in [0.5, 0.6) is 0 Å². The molecule has 1 amide bonds. The molecule has 3 N–H and O–H groups in total. The number of rotatable bonds is 11. The van der Waals surface area contributed by atoms with Gasteiger partial charge >= 0.3 is 0 Å². The molecule has 0 radical (unpaired) electrons. The number of sulfone groups is 2. The first-order chi connectivity index (χ1) is 17.8. The quantitative estimate of drug-likeness (QED) is 0.272. The van der Waals surface area contributed by atoms with Crippen LogP contribution in [0.2, 0.25) is 5.02 Å². The first-order valence-corrected chi connectivity index (χ1v) is 15.4. The average Bonchev–Trinajstić information content (AvgIpc) is 3.47. The molecule has 0 spiro atoms. The number of likely N-dealkylation sites (N-methyl/N-ethyl adjacent to an activating group) is 1. The number of halogens is 1. The molecular formula is C24H27ClN4O6S3. The number of nitrogens with one attached hydrogen (secondary N) is 3. The van der Waals surface area contributed by atoms with Gasteiger partial charge in [0.05, 0.1) is 15.5 Å². The number of nitrogens with zero attached hydrogens (tertiary/aromatic N) is 1. The predicted molar refractivity (Wildman–Crippen MR) is 149 cm³/mol. The number of carbonyl (C=O) groups excluding carboxylic acids is 1. The van der Waals surface area contributed by atoms with Crippen LogP contribution in [0.1, 0.15) is 26.5 Å². The minimum Gasteiger partial charge on any atom is -0.337 e. The molecule has 3 aromatic rings. The molecule has 38 heavy (non-hydrogen) atoms. The first kappa shape index (κ1) is 29.6. The lowest BCUT2D eigenvalue weighted by Gasteiger charge is -2.19. The van der Waals surface area contributed by atoms with Gasteiger partial charge in [0.25, 0.3) is 5.91 Å². The molecule has 2 atom stereocenters. The highest BCUT2D eigenvalue weighted by Crippen LogP contribution is 2.33. The number of amides is 1. The average molecular weight is 599 g/mol. The lowest BCUT2D eigenvalue weighted by Crippen LogP contribution is -2.33. The number of aromatic nitrogens is 1. The largest absolute Gasteiger partial charge is 0.337 e. The van der Waals surface area contributed by atoms with E-state index in [9.17, 15) is 21.6 Å². The van der Waals surface area contributed by atoms with Crippen molar-refractivity contribution in [3.8, 4) is 0 Å². The van der Waals surface area contributed by atoms with E-state index in [2.05, 4.69) is 34.3 Å². The van der Waals surface area contributed by atoms with E-state index in [4.69, 9.17) is 16.1 Å². The molecule has 1 aromatic carbocycles. The summed E-state index contributed by atoms with van der Waals surface area (Å²) >= 11 is 7.00. The molecule has 204 valence electrons. The third-order valence-electron chi connectivity index (χ3n) is 5.58. The normalized spacial score (nSPS) is 13.5. The van der Waals surface area contributed by atoms with Crippen LogP contribution in [0, 0.1) is 20.8 Å². The maximum absolute atomic E-state index is 13.5. The monoisotopic (exact) mass is 598 g/mol. The fraction of sp³-hybridized carbons (Fsp3) is 0.250. The van der Waals surface area contributed by atoms with Gasteiger partial charge in [0.1, 0.15) is 21.0 Å². The van der Waals surface area contributed by atoms with Crippen LogP contribution in [0.25, 0.3) is 0 Å². The zero-order valence-electron chi connectivity index (χ0n) is 21.0. The Morgan fingerprint density at radius 3 is 2.26 bits per heavy atom. The van der Waals surface area contributed by atoms with Crippen molar-refractivity contribution in [2.45, 2.75) is 41.3 Å². The summed E-state index contributed by atoms with van der Waals surface area (Å²) in [5.74, 6) is -0.858. The van der Waals surface area contributed by atoms with Gasteiger partial charge in [-0.25, -0.2) is 16.8 Å². The maximum atomic E-state index is 13.5. The van der Waals surface area contributed by atoms with Crippen LogP contribution in [0.15, 0.2) is 63.2 Å². The number of benzene rings is 1. The Kier molecular flexibility index (Phi) is 8.89. The lowest BCUT2D eigenvalue weighted by atomic mass is 10.1. The van der Waals surface area contributed by atoms with Gasteiger partial charge in [0.2, 0.25) is 15.7 Å². The molecule has 2 heterocycles. The van der Waals surface area contributed by atoms with Crippen molar-refractivity contribution < 1.29 is 26.2 Å². The van der Waals surface area contributed by atoms with Crippen molar-refractivity contribution >= 4 is 60.1 Å². The van der Waals surface area contributed by atoms with Crippen LogP contribution in [-0.4, -0.2) is 45.7 Å². The fourth-order valence-corrected chi connectivity index (χ4v) is 8.15. The molecule has 0 aliphatic carbocycles. The summed E-state index contributed by atoms with van der Waals surface area (Å²) in [5.41, 5.74) is 1.55. The topological polar surface area (TPSA) is 147 Å². The number of anilines is 2. The van der Waals surface area contributed by atoms with Crippen LogP contribution in [-0.2, 0) is 19.7 Å². The second-order valence-electron chi connectivity index (χ2n) is 8.27. The van der Waals surface area contributed by atoms with Gasteiger partial charge in [-0.2, -0.15) is 0 Å². The van der Waals surface area contributed by atoms with E-state index in [0.717, 1.165) is 17.4 Å². The van der Waals surface area contributed by atoms with E-state index in [0.29, 0.717) is 16.8 Å². The van der Waals surface area contributed by atoms with E-state index in [1.54, 1.807) is 26.8 Å². The molecule has 2 aromatic heterocycles. The van der Waals surface area contributed by atoms with Gasteiger partial charge in [-0.15, -0.1) is 17.9 Å². The number of thiophene rings is 1. The molecule has 0 fully saturated rings. The smallest absolute Gasteiger partial charge is 0.267 e. The zero-order valence-corrected chi connectivity index (χ0v) is 24.2. The number of aryl methyl sites for hydroxylation is 3. The molecule has 0 aliphatic heterocycles. The molecule has 0 saturated heterocycles. The molecule has 10 nitrogen and oxygen atoms in total. The van der Waals surface area contributed by atoms with Crippen molar-refractivity contribution in [2.75, 3.05) is 17.7 Å². The summed E-state index contributed by atoms with van der Waals surface area (Å²) < 4.78 is 58.7. The Bertz CT molecular complexity index is 1610. The first-order valence-electron chi connectivity index (χ1n) is 11.1. The highest BCUT2D eigenvalue weighted by atomic mass is 35.5. The summed E-state index contributed by atoms with van der Waals surface area (Å²) in [7, 11) is -6.74. The second-order valence-corrected chi connectivity index (χ2v) is 13.6. The third kappa shape index (κ3) is 5.57. The van der Waals surface area contributed by atoms with Crippen molar-refractivity contribution in [1.82, 2.24) is 10.5 Å². The minimum atomic E-state index is -4.23. The van der Waals surface area contributed by atoms with E-state index in [1.165, 1.54) is 30.6 Å². The van der Waals surface area contributed by atoms with Crippen molar-refractivity contribution in [2.24, 2.45) is 0 Å². The number of hydrogen-bond acceptors (Lipinski definition) is 10. The molecular weight excluding hydrogens is 572 g/mol. The highest BCUT2D eigenvalue weighted by molar-refractivity contribution is 7.92. The maximum Gasteiger partial charge on any atom is 0.267 e. The van der Waals surface area contributed by atoms with Crippen molar-refractivity contribution in [1.29, 1.82) is 0 Å². The van der Waals surface area contributed by atoms with Gasteiger partial charge in [0.15, 0.2) is 15.2 Å². The van der Waals surface area contributed by atoms with E-state index in [1.807, 2.05) is 0 Å². The van der Waals surface area contributed by atoms with Gasteiger partial charge in [0, 0.05) is 0 Å². The highest BCUT2D eigenvalue weighted by Gasteiger charge is 2.33. The summed E-state index contributed by atoms with van der Waals surface area (Å²) in [6.07, 6.45) is 2.37. The molecule has 2 unspecified atom stereocenters. The number of carbonyl (C=O) groups is 1. The Morgan fingerprint density at radius 1 is 1.08 bits per heavy atom. The summed E-state index contributed by atoms with van der Waals surface area (Å²) in [5, 5.41) is 10.7. The Labute approximate surface area is 230 Å². The second kappa shape index (κ2) is 11.4. The van der Waals surface area contributed by atoms with Crippen LogP contribution >= 0.6 is 22.9 Å². The van der Waals surface area contributed by atoms with Gasteiger partial charge in [-0.05, 0) is 56.5 Å². The molecule has 0 bridgehead atoms. The van der Waals surface area contributed by atoms with Gasteiger partial charge in [-0.3, -0.25) is 4.79 Å². The van der Waals surface area contributed by atoms with Gasteiger partial charge in [-0.1, -0.05) is 41.6 Å². The van der Waals surface area contributed by atoms with E-state index >= 15 is 0 Å². The van der Waals surface area contributed by atoms with Crippen LogP contribution < -0.4 is 16.0 Å². The SMILES string of the molecule is C=CC(Nc1onc(C)c1Cl)S(=O)(=O)c1ccsc1C(=O)Nc1c(C)cc(C)cc1S(=O)(=O)C(C=C)NC. The summed E-state index contributed by atoms with van der Waals surface area (Å²) in [4.78, 5) is 12.9. The summed E-state index contributed by atoms with van der Waals surface area (Å²) in [6, 6.07) is 4.44. The Hall–Kier alpha value is -2.97. The van der Waals surface area contributed by atoms with E-state index < -0.39 is 36.3 Å². The molecule has 3 rings (SSSR count). The number of hydrogen-bond donors (Lipinski definition) is 3. The Balaban J connectivity index is 2.03. The standard InChI is InChI=1S/C24H27ClN4O6S3/c1-7-18(26-6)38(33,34)17-12-13(3)11-14(4)21(17)28-23(30)22-16(9-10-36-22)37(31,32)19(8-2)27-24-20(25)15(5)29-35-24/h7-12,18-19,26-27H,1-2H2,3-6H3,(H,28,30). The molecule has 14 heteroatoms. The van der Waals surface area contributed by atoms with E-state index in [-0.39, 0.29) is 31.3 Å². The van der Waals surface area contributed by atoms with Crippen LogP contribution in [0.4, 0.5) is 11.6 Å². The van der Waals surface area contributed by atoms with Crippen molar-refractivity contribution in [3.63, 3.8) is 0 Å². The van der Waals surface area contributed by atoms with Gasteiger partial charge < -0.3 is 20.5 Å².